The number of amides is 1. The Morgan fingerprint density at radius 1 is 1.04 bits per heavy atom. The quantitative estimate of drug-likeness (QED) is 0.701. The maximum Gasteiger partial charge on any atom is 0.270 e. The third-order valence-corrected chi connectivity index (χ3v) is 4.07. The Bertz CT molecular complexity index is 943. The molecule has 0 aliphatic heterocycles. The SMILES string of the molecule is Cc1cccc(CNC(=O)c2cc(Nc3ccccc3Cl)nc(C)n2)c1. The van der Waals surface area contributed by atoms with Crippen LogP contribution < -0.4 is 10.6 Å². The predicted molar refractivity (Wildman–Crippen MR) is 104 cm³/mol. The molecule has 3 aromatic rings. The average Bonchev–Trinajstić information content (AvgIpc) is 2.61. The second-order valence-corrected chi connectivity index (χ2v) is 6.37. The van der Waals surface area contributed by atoms with Crippen LogP contribution in [-0.4, -0.2) is 15.9 Å². The second-order valence-electron chi connectivity index (χ2n) is 5.96. The van der Waals surface area contributed by atoms with Crippen molar-refractivity contribution in [3.8, 4) is 0 Å². The van der Waals surface area contributed by atoms with Crippen LogP contribution in [-0.2, 0) is 6.54 Å². The Labute approximate surface area is 157 Å². The van der Waals surface area contributed by atoms with Crippen molar-refractivity contribution in [3.63, 3.8) is 0 Å². The molecule has 6 heteroatoms. The van der Waals surface area contributed by atoms with Gasteiger partial charge in [0, 0.05) is 12.6 Å². The summed E-state index contributed by atoms with van der Waals surface area (Å²) < 4.78 is 0. The van der Waals surface area contributed by atoms with E-state index in [0.29, 0.717) is 28.9 Å². The third kappa shape index (κ3) is 4.58. The van der Waals surface area contributed by atoms with Crippen molar-refractivity contribution in [2.75, 3.05) is 5.32 Å². The van der Waals surface area contributed by atoms with Gasteiger partial charge in [-0.15, -0.1) is 0 Å². The molecule has 26 heavy (non-hydrogen) atoms. The van der Waals surface area contributed by atoms with Gasteiger partial charge in [0.15, 0.2) is 0 Å². The van der Waals surface area contributed by atoms with E-state index in [4.69, 9.17) is 11.6 Å². The predicted octanol–water partition coefficient (Wildman–Crippen LogP) is 4.42. The molecule has 2 N–H and O–H groups in total. The van der Waals surface area contributed by atoms with Crippen LogP contribution in [0.15, 0.2) is 54.6 Å². The lowest BCUT2D eigenvalue weighted by molar-refractivity contribution is 0.0945. The fraction of sp³-hybridized carbons (Fsp3) is 0.150. The number of carbonyl (C=O) groups excluding carboxylic acids is 1. The van der Waals surface area contributed by atoms with Gasteiger partial charge in [-0.3, -0.25) is 4.79 Å². The Morgan fingerprint density at radius 2 is 1.85 bits per heavy atom. The number of aryl methyl sites for hydroxylation is 2. The minimum Gasteiger partial charge on any atom is -0.347 e. The molecular weight excluding hydrogens is 348 g/mol. The maximum absolute atomic E-state index is 12.5. The standard InChI is InChI=1S/C20H19ClN4O/c1-13-6-5-7-15(10-13)12-22-20(26)18-11-19(24-14(2)23-18)25-17-9-4-3-8-16(17)21/h3-11H,12H2,1-2H3,(H,22,26)(H,23,24,25). The van der Waals surface area contributed by atoms with Crippen LogP contribution in [0.2, 0.25) is 5.02 Å². The van der Waals surface area contributed by atoms with E-state index in [0.717, 1.165) is 16.8 Å². The summed E-state index contributed by atoms with van der Waals surface area (Å²) in [6.45, 7) is 4.21. The van der Waals surface area contributed by atoms with Crippen LogP contribution in [0.1, 0.15) is 27.4 Å². The first-order valence-corrected chi connectivity index (χ1v) is 8.60. The lowest BCUT2D eigenvalue weighted by atomic mass is 10.1. The zero-order valence-corrected chi connectivity index (χ0v) is 15.3. The fourth-order valence-electron chi connectivity index (χ4n) is 2.54. The first-order valence-electron chi connectivity index (χ1n) is 8.22. The number of benzene rings is 2. The van der Waals surface area contributed by atoms with E-state index in [2.05, 4.69) is 20.6 Å². The number of nitrogens with one attached hydrogen (secondary N) is 2. The van der Waals surface area contributed by atoms with Gasteiger partial charge in [0.25, 0.3) is 5.91 Å². The van der Waals surface area contributed by atoms with E-state index in [9.17, 15) is 4.79 Å². The van der Waals surface area contributed by atoms with E-state index < -0.39 is 0 Å². The van der Waals surface area contributed by atoms with Crippen LogP contribution in [0.5, 0.6) is 0 Å². The molecular formula is C20H19ClN4O. The largest absolute Gasteiger partial charge is 0.347 e. The van der Waals surface area contributed by atoms with Gasteiger partial charge in [-0.2, -0.15) is 0 Å². The molecule has 3 rings (SSSR count). The molecule has 0 saturated heterocycles. The van der Waals surface area contributed by atoms with E-state index in [-0.39, 0.29) is 5.91 Å². The zero-order valence-electron chi connectivity index (χ0n) is 14.6. The summed E-state index contributed by atoms with van der Waals surface area (Å²) in [5.74, 6) is 0.772. The molecule has 0 spiro atoms. The molecule has 132 valence electrons. The molecule has 0 atom stereocenters. The zero-order chi connectivity index (χ0) is 18.5. The lowest BCUT2D eigenvalue weighted by Crippen LogP contribution is -2.24. The Hall–Kier alpha value is -2.92. The van der Waals surface area contributed by atoms with Crippen molar-refractivity contribution in [1.82, 2.24) is 15.3 Å². The number of hydrogen-bond donors (Lipinski definition) is 2. The number of hydrogen-bond acceptors (Lipinski definition) is 4. The topological polar surface area (TPSA) is 66.9 Å². The smallest absolute Gasteiger partial charge is 0.270 e. The van der Waals surface area contributed by atoms with Crippen molar-refractivity contribution < 1.29 is 4.79 Å². The number of anilines is 2. The summed E-state index contributed by atoms with van der Waals surface area (Å²) >= 11 is 6.16. The van der Waals surface area contributed by atoms with Crippen molar-refractivity contribution in [3.05, 3.63) is 82.3 Å². The van der Waals surface area contributed by atoms with Crippen LogP contribution in [0.3, 0.4) is 0 Å². The second kappa shape index (κ2) is 7.97. The summed E-state index contributed by atoms with van der Waals surface area (Å²) in [5, 5.41) is 6.59. The van der Waals surface area contributed by atoms with Gasteiger partial charge in [0.2, 0.25) is 0 Å². The molecule has 0 aliphatic carbocycles. The van der Waals surface area contributed by atoms with Gasteiger partial charge in [-0.05, 0) is 31.5 Å². The van der Waals surface area contributed by atoms with Gasteiger partial charge in [0.05, 0.1) is 10.7 Å². The molecule has 0 unspecified atom stereocenters. The molecule has 1 aromatic heterocycles. The number of halogens is 1. The highest BCUT2D eigenvalue weighted by molar-refractivity contribution is 6.33. The van der Waals surface area contributed by atoms with Gasteiger partial charge in [-0.25, -0.2) is 9.97 Å². The number of aromatic nitrogens is 2. The van der Waals surface area contributed by atoms with Crippen LogP contribution in [0.25, 0.3) is 0 Å². The van der Waals surface area contributed by atoms with Crippen molar-refractivity contribution in [2.45, 2.75) is 20.4 Å². The number of nitrogens with zero attached hydrogens (tertiary/aromatic N) is 2. The van der Waals surface area contributed by atoms with Crippen molar-refractivity contribution >= 4 is 29.0 Å². The number of rotatable bonds is 5. The number of carbonyl (C=O) groups is 1. The summed E-state index contributed by atoms with van der Waals surface area (Å²) in [4.78, 5) is 21.0. The highest BCUT2D eigenvalue weighted by atomic mass is 35.5. The Kier molecular flexibility index (Phi) is 5.49. The molecule has 2 aromatic carbocycles. The summed E-state index contributed by atoms with van der Waals surface area (Å²) in [6.07, 6.45) is 0. The third-order valence-electron chi connectivity index (χ3n) is 3.74. The maximum atomic E-state index is 12.5. The normalized spacial score (nSPS) is 10.4. The molecule has 5 nitrogen and oxygen atoms in total. The van der Waals surface area contributed by atoms with Gasteiger partial charge >= 0.3 is 0 Å². The van der Waals surface area contributed by atoms with Gasteiger partial charge in [-0.1, -0.05) is 53.6 Å². The first kappa shape index (κ1) is 17.9. The minimum atomic E-state index is -0.251. The van der Waals surface area contributed by atoms with E-state index in [1.165, 1.54) is 0 Å². The molecule has 0 fully saturated rings. The van der Waals surface area contributed by atoms with E-state index >= 15 is 0 Å². The summed E-state index contributed by atoms with van der Waals surface area (Å²) in [5.41, 5.74) is 3.22. The van der Waals surface area contributed by atoms with Crippen LogP contribution in [0, 0.1) is 13.8 Å². The minimum absolute atomic E-state index is 0.251. The monoisotopic (exact) mass is 366 g/mol. The molecule has 0 radical (unpaired) electrons. The lowest BCUT2D eigenvalue weighted by Gasteiger charge is -2.10. The molecule has 0 saturated carbocycles. The number of para-hydroxylation sites is 1. The molecule has 0 bridgehead atoms. The molecule has 1 amide bonds. The first-order chi connectivity index (χ1) is 12.5. The fourth-order valence-corrected chi connectivity index (χ4v) is 2.73. The average molecular weight is 367 g/mol. The molecule has 1 heterocycles. The Morgan fingerprint density at radius 3 is 2.62 bits per heavy atom. The van der Waals surface area contributed by atoms with Crippen molar-refractivity contribution in [2.24, 2.45) is 0 Å². The molecule has 0 aliphatic rings. The Balaban J connectivity index is 1.74. The van der Waals surface area contributed by atoms with Crippen LogP contribution >= 0.6 is 11.6 Å². The van der Waals surface area contributed by atoms with E-state index in [1.807, 2.05) is 49.4 Å². The van der Waals surface area contributed by atoms with Gasteiger partial charge in [0.1, 0.15) is 17.3 Å². The summed E-state index contributed by atoms with van der Waals surface area (Å²) in [7, 11) is 0. The van der Waals surface area contributed by atoms with Gasteiger partial charge < -0.3 is 10.6 Å². The highest BCUT2D eigenvalue weighted by Gasteiger charge is 2.11. The van der Waals surface area contributed by atoms with Crippen LogP contribution in [0.4, 0.5) is 11.5 Å². The highest BCUT2D eigenvalue weighted by Crippen LogP contribution is 2.24. The van der Waals surface area contributed by atoms with Crippen molar-refractivity contribution in [1.29, 1.82) is 0 Å². The summed E-state index contributed by atoms with van der Waals surface area (Å²) in [6, 6.07) is 17.0. The van der Waals surface area contributed by atoms with E-state index in [1.54, 1.807) is 19.1 Å².